The van der Waals surface area contributed by atoms with Gasteiger partial charge in [0.1, 0.15) is 17.4 Å². The van der Waals surface area contributed by atoms with Crippen LogP contribution in [0.1, 0.15) is 68.8 Å². The highest BCUT2D eigenvalue weighted by molar-refractivity contribution is 5.87. The van der Waals surface area contributed by atoms with Crippen LogP contribution in [0.4, 0.5) is 13.6 Å². The number of carbonyl (C=O) groups is 2. The number of hydrogen-bond donors (Lipinski definition) is 0. The van der Waals surface area contributed by atoms with Crippen LogP contribution < -0.4 is 4.74 Å². The van der Waals surface area contributed by atoms with Gasteiger partial charge in [-0.05, 0) is 65.4 Å². The lowest BCUT2D eigenvalue weighted by Gasteiger charge is -2.43. The van der Waals surface area contributed by atoms with E-state index in [0.717, 1.165) is 11.1 Å². The number of ether oxygens (including phenoxy) is 1. The van der Waals surface area contributed by atoms with Gasteiger partial charge in [0, 0.05) is 57.5 Å². The largest absolute Gasteiger partial charge is 0.493 e. The summed E-state index contributed by atoms with van der Waals surface area (Å²) < 4.78 is 34.4. The average Bonchev–Trinajstić information content (AvgIpc) is 3.03. The Labute approximate surface area is 278 Å². The summed E-state index contributed by atoms with van der Waals surface area (Å²) in [6.07, 6.45) is 0. The first-order chi connectivity index (χ1) is 22.2. The zero-order valence-electron chi connectivity index (χ0n) is 28.7. The van der Waals surface area contributed by atoms with Crippen LogP contribution in [0.15, 0.2) is 73.3 Å². The van der Waals surface area contributed by atoms with Crippen molar-refractivity contribution in [2.75, 3.05) is 53.4 Å². The normalized spacial score (nSPS) is 15.1. The lowest BCUT2D eigenvalue weighted by molar-refractivity contribution is -0.130. The molecule has 2 unspecified atom stereocenters. The Morgan fingerprint density at radius 1 is 0.894 bits per heavy atom. The standard InChI is InChI=1S/C38H48F2N4O3/c1-9-47-34-24-30(38(4,5)6)14-19-33(34)27(3)44(37(46)43-22-20-42(21-23-43)25-35(45)41(7)8)36(29-12-17-32(40)18-13-29)26(2)28-10-15-31(39)16-11-28/h10-19,24,26,36H,3,9,20-23,25H2,1-2,4-8H3. The summed E-state index contributed by atoms with van der Waals surface area (Å²) in [5.41, 5.74) is 3.56. The van der Waals surface area contributed by atoms with Crippen molar-refractivity contribution < 1.29 is 23.1 Å². The molecule has 3 amide bonds. The number of urea groups is 1. The van der Waals surface area contributed by atoms with Crippen LogP contribution in [-0.4, -0.2) is 85.0 Å². The van der Waals surface area contributed by atoms with Gasteiger partial charge in [-0.15, -0.1) is 0 Å². The number of carbonyl (C=O) groups excluding carboxylic acids is 2. The van der Waals surface area contributed by atoms with Gasteiger partial charge in [-0.1, -0.05) is 64.6 Å². The topological polar surface area (TPSA) is 56.3 Å². The van der Waals surface area contributed by atoms with Crippen LogP contribution in [0.3, 0.4) is 0 Å². The predicted octanol–water partition coefficient (Wildman–Crippen LogP) is 7.30. The van der Waals surface area contributed by atoms with Gasteiger partial charge in [0.2, 0.25) is 5.91 Å². The highest BCUT2D eigenvalue weighted by atomic mass is 19.1. The van der Waals surface area contributed by atoms with E-state index in [0.29, 0.717) is 55.4 Å². The van der Waals surface area contributed by atoms with Crippen LogP contribution in [0.5, 0.6) is 5.75 Å². The van der Waals surface area contributed by atoms with E-state index >= 15 is 0 Å². The Morgan fingerprint density at radius 2 is 1.45 bits per heavy atom. The second-order valence-corrected chi connectivity index (χ2v) is 13.4. The second kappa shape index (κ2) is 15.1. The summed E-state index contributed by atoms with van der Waals surface area (Å²) in [6.45, 7) is 17.4. The quantitative estimate of drug-likeness (QED) is 0.232. The van der Waals surface area contributed by atoms with E-state index in [9.17, 15) is 18.4 Å². The van der Waals surface area contributed by atoms with Crippen molar-refractivity contribution in [1.29, 1.82) is 0 Å². The minimum atomic E-state index is -0.633. The molecule has 252 valence electrons. The van der Waals surface area contributed by atoms with E-state index in [2.05, 4.69) is 27.4 Å². The number of piperazine rings is 1. The van der Waals surface area contributed by atoms with E-state index in [1.54, 1.807) is 53.1 Å². The summed E-state index contributed by atoms with van der Waals surface area (Å²) in [4.78, 5) is 34.3. The molecular formula is C38H48F2N4O3. The molecule has 0 aliphatic carbocycles. The first-order valence-electron chi connectivity index (χ1n) is 16.2. The molecule has 0 N–H and O–H groups in total. The smallest absolute Gasteiger partial charge is 0.325 e. The number of benzene rings is 3. The molecule has 7 nitrogen and oxygen atoms in total. The van der Waals surface area contributed by atoms with Crippen molar-refractivity contribution in [3.8, 4) is 5.75 Å². The maximum absolute atomic E-state index is 14.8. The van der Waals surface area contributed by atoms with Crippen LogP contribution in [0.2, 0.25) is 0 Å². The van der Waals surface area contributed by atoms with Crippen LogP contribution >= 0.6 is 0 Å². The Morgan fingerprint density at radius 3 is 1.96 bits per heavy atom. The van der Waals surface area contributed by atoms with E-state index < -0.39 is 11.9 Å². The molecule has 3 aromatic rings. The summed E-state index contributed by atoms with van der Waals surface area (Å²) in [5, 5.41) is 0. The molecular weight excluding hydrogens is 598 g/mol. The van der Waals surface area contributed by atoms with Gasteiger partial charge in [0.25, 0.3) is 0 Å². The maximum atomic E-state index is 14.8. The van der Waals surface area contributed by atoms with Gasteiger partial charge in [0.05, 0.1) is 19.2 Å². The number of nitrogens with zero attached hydrogens (tertiary/aromatic N) is 4. The number of rotatable bonds is 10. The van der Waals surface area contributed by atoms with E-state index in [1.807, 2.05) is 36.9 Å². The molecule has 1 aliphatic heterocycles. The Kier molecular flexibility index (Phi) is 11.4. The van der Waals surface area contributed by atoms with Crippen LogP contribution in [0, 0.1) is 11.6 Å². The third kappa shape index (κ3) is 8.57. The van der Waals surface area contributed by atoms with Gasteiger partial charge in [0.15, 0.2) is 0 Å². The fourth-order valence-electron chi connectivity index (χ4n) is 5.89. The fourth-order valence-corrected chi connectivity index (χ4v) is 5.89. The molecule has 0 saturated carbocycles. The van der Waals surface area contributed by atoms with Gasteiger partial charge >= 0.3 is 6.03 Å². The van der Waals surface area contributed by atoms with Gasteiger partial charge in [-0.3, -0.25) is 14.6 Å². The van der Waals surface area contributed by atoms with E-state index in [-0.39, 0.29) is 35.6 Å². The summed E-state index contributed by atoms with van der Waals surface area (Å²) in [6, 6.07) is 17.5. The lowest BCUT2D eigenvalue weighted by Crippen LogP contribution is -2.54. The molecule has 0 bridgehead atoms. The van der Waals surface area contributed by atoms with Crippen LogP contribution in [0.25, 0.3) is 5.70 Å². The van der Waals surface area contributed by atoms with Gasteiger partial charge < -0.3 is 14.5 Å². The molecule has 4 rings (SSSR count). The van der Waals surface area contributed by atoms with Crippen molar-refractivity contribution in [3.05, 3.63) is 107 Å². The average molecular weight is 647 g/mol. The molecule has 2 atom stereocenters. The van der Waals surface area contributed by atoms with Gasteiger partial charge in [-0.25, -0.2) is 13.6 Å². The first kappa shape index (κ1) is 35.6. The van der Waals surface area contributed by atoms with Gasteiger partial charge in [-0.2, -0.15) is 0 Å². The number of hydrogen-bond acceptors (Lipinski definition) is 4. The van der Waals surface area contributed by atoms with Crippen molar-refractivity contribution in [2.45, 2.75) is 52.0 Å². The summed E-state index contributed by atoms with van der Waals surface area (Å²) in [7, 11) is 3.46. The van der Waals surface area contributed by atoms with Crippen molar-refractivity contribution in [1.82, 2.24) is 19.6 Å². The molecule has 47 heavy (non-hydrogen) atoms. The zero-order chi connectivity index (χ0) is 34.5. The molecule has 0 spiro atoms. The maximum Gasteiger partial charge on any atom is 0.325 e. The number of amides is 3. The molecule has 1 fully saturated rings. The summed E-state index contributed by atoms with van der Waals surface area (Å²) >= 11 is 0. The first-order valence-corrected chi connectivity index (χ1v) is 16.2. The SMILES string of the molecule is C=C(c1ccc(C(C)(C)C)cc1OCC)N(C(=O)N1CCN(CC(=O)N(C)C)CC1)C(c1ccc(F)cc1)C(C)c1ccc(F)cc1. The fraction of sp³-hybridized carbons (Fsp3) is 0.421. The molecule has 1 heterocycles. The minimum absolute atomic E-state index is 0.00596. The highest BCUT2D eigenvalue weighted by Crippen LogP contribution is 2.43. The Balaban J connectivity index is 1.82. The van der Waals surface area contributed by atoms with Crippen molar-refractivity contribution in [2.24, 2.45) is 0 Å². The third-order valence-electron chi connectivity index (χ3n) is 8.81. The number of halogens is 2. The third-order valence-corrected chi connectivity index (χ3v) is 8.81. The van der Waals surface area contributed by atoms with E-state index in [4.69, 9.17) is 4.74 Å². The second-order valence-electron chi connectivity index (χ2n) is 13.4. The van der Waals surface area contributed by atoms with E-state index in [1.165, 1.54) is 24.3 Å². The molecule has 9 heteroatoms. The predicted molar refractivity (Wildman–Crippen MR) is 183 cm³/mol. The number of likely N-dealkylation sites (N-methyl/N-ethyl adjacent to an activating group) is 1. The molecule has 1 aliphatic rings. The lowest BCUT2D eigenvalue weighted by atomic mass is 9.85. The monoisotopic (exact) mass is 646 g/mol. The molecule has 0 aromatic heterocycles. The van der Waals surface area contributed by atoms with Crippen LogP contribution in [-0.2, 0) is 10.2 Å². The summed E-state index contributed by atoms with van der Waals surface area (Å²) in [5.74, 6) is -0.473. The molecule has 3 aromatic carbocycles. The Hall–Kier alpha value is -4.24. The Bertz CT molecular complexity index is 1540. The zero-order valence-corrected chi connectivity index (χ0v) is 28.7. The minimum Gasteiger partial charge on any atom is -0.493 e. The molecule has 1 saturated heterocycles. The molecule has 0 radical (unpaired) electrons. The van der Waals surface area contributed by atoms with Crippen molar-refractivity contribution >= 4 is 17.6 Å². The highest BCUT2D eigenvalue weighted by Gasteiger charge is 2.37. The van der Waals surface area contributed by atoms with Crippen molar-refractivity contribution in [3.63, 3.8) is 0 Å².